The van der Waals surface area contributed by atoms with E-state index in [1.807, 2.05) is 13.8 Å². The molecular formula is C12H30. The normalized spacial score (nSPS) is 7.50. The molecule has 0 amide bonds. The minimum absolute atomic E-state index is 1.34. The van der Waals surface area contributed by atoms with Crippen molar-refractivity contribution in [2.24, 2.45) is 0 Å². The molecule has 0 atom stereocenters. The lowest BCUT2D eigenvalue weighted by atomic mass is 10.3. The largest absolute Gasteiger partial charge is 0.0683 e. The van der Waals surface area contributed by atoms with Crippen LogP contribution in [-0.4, -0.2) is 0 Å². The van der Waals surface area contributed by atoms with Crippen LogP contribution in [-0.2, 0) is 0 Å². The summed E-state index contributed by atoms with van der Waals surface area (Å²) < 4.78 is 0. The van der Waals surface area contributed by atoms with Gasteiger partial charge in [0.15, 0.2) is 0 Å². The Labute approximate surface area is 80.8 Å². The third-order valence-electron chi connectivity index (χ3n) is 1.41. The number of hydrogen-bond donors (Lipinski definition) is 0. The van der Waals surface area contributed by atoms with Crippen LogP contribution in [0.5, 0.6) is 0 Å². The highest BCUT2D eigenvalue weighted by Crippen LogP contribution is 1.88. The van der Waals surface area contributed by atoms with Gasteiger partial charge < -0.3 is 0 Å². The summed E-state index contributed by atoms with van der Waals surface area (Å²) in [5.41, 5.74) is 0. The molecular weight excluding hydrogens is 144 g/mol. The molecule has 0 unspecified atom stereocenters. The molecule has 12 heavy (non-hydrogen) atoms. The minimum atomic E-state index is 1.34. The second kappa shape index (κ2) is 30.6. The zero-order chi connectivity index (χ0) is 10.2. The lowest BCUT2D eigenvalue weighted by molar-refractivity contribution is 0.772. The van der Waals surface area contributed by atoms with E-state index in [2.05, 4.69) is 27.7 Å². The zero-order valence-corrected chi connectivity index (χ0v) is 10.2. The van der Waals surface area contributed by atoms with Crippen LogP contribution in [0.3, 0.4) is 0 Å². The van der Waals surface area contributed by atoms with Crippen LogP contribution in [0.2, 0.25) is 0 Å². The average Bonchev–Trinajstić information content (AvgIpc) is 2.12. The van der Waals surface area contributed by atoms with E-state index >= 15 is 0 Å². The Balaban J connectivity index is -0.000000112. The highest BCUT2D eigenvalue weighted by molar-refractivity contribution is 4.24. The molecule has 0 aliphatic rings. The Morgan fingerprint density at radius 3 is 0.667 bits per heavy atom. The Kier molecular flexibility index (Phi) is 45.6. The highest BCUT2D eigenvalue weighted by atomic mass is 13.7. The summed E-state index contributed by atoms with van der Waals surface area (Å²) in [4.78, 5) is 0. The van der Waals surface area contributed by atoms with Gasteiger partial charge in [0.05, 0.1) is 0 Å². The standard InChI is InChI=1S/2C5H12.C2H6/c2*1-3-5-4-2;1-2/h2*3-5H2,1-2H3;1-2H3. The molecule has 0 aliphatic heterocycles. The van der Waals surface area contributed by atoms with Gasteiger partial charge in [-0.1, -0.05) is 80.1 Å². The van der Waals surface area contributed by atoms with Crippen LogP contribution in [0.1, 0.15) is 80.1 Å². The second-order valence-electron chi connectivity index (χ2n) is 2.71. The van der Waals surface area contributed by atoms with Crippen LogP contribution < -0.4 is 0 Å². The van der Waals surface area contributed by atoms with Gasteiger partial charge in [0.25, 0.3) is 0 Å². The van der Waals surface area contributed by atoms with Gasteiger partial charge in [-0.05, 0) is 0 Å². The molecule has 0 fully saturated rings. The van der Waals surface area contributed by atoms with Crippen LogP contribution in [0, 0.1) is 0 Å². The van der Waals surface area contributed by atoms with Crippen molar-refractivity contribution < 1.29 is 0 Å². The predicted molar refractivity (Wildman–Crippen MR) is 61.7 cm³/mol. The maximum Gasteiger partial charge on any atom is -0.0538 e. The average molecular weight is 174 g/mol. The van der Waals surface area contributed by atoms with Gasteiger partial charge in [-0.15, -0.1) is 0 Å². The van der Waals surface area contributed by atoms with Gasteiger partial charge in [0.1, 0.15) is 0 Å². The molecule has 78 valence electrons. The molecule has 0 N–H and O–H groups in total. The SMILES string of the molecule is CC.CCCCC.CCCCC. The van der Waals surface area contributed by atoms with Crippen LogP contribution >= 0.6 is 0 Å². The zero-order valence-electron chi connectivity index (χ0n) is 10.2. The predicted octanol–water partition coefficient (Wildman–Crippen LogP) is 5.42. The molecule has 0 spiro atoms. The summed E-state index contributed by atoms with van der Waals surface area (Å²) in [5, 5.41) is 0. The molecule has 0 heterocycles. The summed E-state index contributed by atoms with van der Waals surface area (Å²) in [7, 11) is 0. The highest BCUT2D eigenvalue weighted by Gasteiger charge is 1.68. The first-order chi connectivity index (χ1) is 5.83. The van der Waals surface area contributed by atoms with Crippen molar-refractivity contribution in [2.75, 3.05) is 0 Å². The van der Waals surface area contributed by atoms with Crippen LogP contribution in [0.4, 0.5) is 0 Å². The van der Waals surface area contributed by atoms with Crippen molar-refractivity contribution in [1.29, 1.82) is 0 Å². The van der Waals surface area contributed by atoms with Crippen LogP contribution in [0.25, 0.3) is 0 Å². The lowest BCUT2D eigenvalue weighted by Crippen LogP contribution is -1.59. The van der Waals surface area contributed by atoms with Gasteiger partial charge in [0.2, 0.25) is 0 Å². The minimum Gasteiger partial charge on any atom is -0.0683 e. The fourth-order valence-corrected chi connectivity index (χ4v) is 0.707. The third kappa shape index (κ3) is 50.6. The molecule has 0 rings (SSSR count). The Bertz CT molecular complexity index is 21.0. The Hall–Kier alpha value is 0. The quantitative estimate of drug-likeness (QED) is 0.534. The molecule has 0 radical (unpaired) electrons. The third-order valence-corrected chi connectivity index (χ3v) is 1.41. The van der Waals surface area contributed by atoms with E-state index in [-0.39, 0.29) is 0 Å². The smallest absolute Gasteiger partial charge is 0.0538 e. The van der Waals surface area contributed by atoms with E-state index in [1.54, 1.807) is 0 Å². The molecule has 0 aromatic heterocycles. The number of hydrogen-bond acceptors (Lipinski definition) is 0. The molecule has 0 aromatic rings. The monoisotopic (exact) mass is 174 g/mol. The Morgan fingerprint density at radius 2 is 0.667 bits per heavy atom. The van der Waals surface area contributed by atoms with Crippen molar-refractivity contribution in [3.8, 4) is 0 Å². The van der Waals surface area contributed by atoms with Crippen molar-refractivity contribution >= 4 is 0 Å². The van der Waals surface area contributed by atoms with Gasteiger partial charge in [0, 0.05) is 0 Å². The van der Waals surface area contributed by atoms with Crippen molar-refractivity contribution in [3.63, 3.8) is 0 Å². The van der Waals surface area contributed by atoms with E-state index < -0.39 is 0 Å². The maximum atomic E-state index is 2.21. The molecule has 0 saturated carbocycles. The van der Waals surface area contributed by atoms with Gasteiger partial charge in [-0.25, -0.2) is 0 Å². The van der Waals surface area contributed by atoms with E-state index in [0.29, 0.717) is 0 Å². The van der Waals surface area contributed by atoms with Crippen LogP contribution in [0.15, 0.2) is 0 Å². The maximum absolute atomic E-state index is 2.21. The first-order valence-electron chi connectivity index (χ1n) is 5.83. The van der Waals surface area contributed by atoms with E-state index in [0.717, 1.165) is 0 Å². The number of rotatable bonds is 4. The van der Waals surface area contributed by atoms with Gasteiger partial charge >= 0.3 is 0 Å². The molecule has 0 heteroatoms. The summed E-state index contributed by atoms with van der Waals surface area (Å²) in [6, 6.07) is 0. The van der Waals surface area contributed by atoms with Crippen molar-refractivity contribution in [1.82, 2.24) is 0 Å². The van der Waals surface area contributed by atoms with E-state index in [1.165, 1.54) is 38.5 Å². The molecule has 0 nitrogen and oxygen atoms in total. The first kappa shape index (κ1) is 17.9. The fourth-order valence-electron chi connectivity index (χ4n) is 0.707. The Morgan fingerprint density at radius 1 is 0.500 bits per heavy atom. The van der Waals surface area contributed by atoms with Crippen molar-refractivity contribution in [3.05, 3.63) is 0 Å². The van der Waals surface area contributed by atoms with Gasteiger partial charge in [-0.2, -0.15) is 0 Å². The van der Waals surface area contributed by atoms with Crippen molar-refractivity contribution in [2.45, 2.75) is 80.1 Å². The summed E-state index contributed by atoms with van der Waals surface area (Å²) in [6.45, 7) is 12.8. The van der Waals surface area contributed by atoms with E-state index in [9.17, 15) is 0 Å². The molecule has 0 aromatic carbocycles. The van der Waals surface area contributed by atoms with E-state index in [4.69, 9.17) is 0 Å². The molecule has 0 bridgehead atoms. The lowest BCUT2D eigenvalue weighted by Gasteiger charge is -1.79. The second-order valence-corrected chi connectivity index (χ2v) is 2.71. The summed E-state index contributed by atoms with van der Waals surface area (Å²) in [6.07, 6.45) is 8.15. The summed E-state index contributed by atoms with van der Waals surface area (Å²) in [5.74, 6) is 0. The topological polar surface area (TPSA) is 0 Å². The number of unbranched alkanes of at least 4 members (excludes halogenated alkanes) is 4. The molecule has 0 aliphatic carbocycles. The summed E-state index contributed by atoms with van der Waals surface area (Å²) >= 11 is 0. The van der Waals surface area contributed by atoms with Gasteiger partial charge in [-0.3, -0.25) is 0 Å². The fraction of sp³-hybridized carbons (Fsp3) is 1.00. The molecule has 0 saturated heterocycles. The first-order valence-corrected chi connectivity index (χ1v) is 5.83.